The molecule has 0 aliphatic heterocycles. The average molecular weight is 677 g/mol. The van der Waals surface area contributed by atoms with Crippen molar-refractivity contribution in [2.24, 2.45) is 0 Å². The highest BCUT2D eigenvalue weighted by molar-refractivity contribution is 6.12. The molecule has 0 aliphatic rings. The minimum Gasteiger partial charge on any atom is -0.456 e. The van der Waals surface area contributed by atoms with E-state index in [1.54, 1.807) is 0 Å². The predicted octanol–water partition coefficient (Wildman–Crippen LogP) is 13.5. The van der Waals surface area contributed by atoms with Gasteiger partial charge >= 0.3 is 0 Å². The maximum Gasteiger partial charge on any atom is 0.160 e. The van der Waals surface area contributed by atoms with E-state index in [0.29, 0.717) is 5.82 Å². The lowest BCUT2D eigenvalue weighted by atomic mass is 9.92. The number of benzene rings is 8. The first-order valence-electron chi connectivity index (χ1n) is 17.9. The number of furan rings is 1. The van der Waals surface area contributed by atoms with E-state index in [9.17, 15) is 0 Å². The smallest absolute Gasteiger partial charge is 0.160 e. The topological polar surface area (TPSA) is 38.9 Å². The zero-order valence-corrected chi connectivity index (χ0v) is 28.8. The van der Waals surface area contributed by atoms with Gasteiger partial charge in [-0.05, 0) is 86.6 Å². The third-order valence-corrected chi connectivity index (χ3v) is 10.1. The minimum atomic E-state index is 0.686. The first-order valence-corrected chi connectivity index (χ1v) is 17.9. The van der Waals surface area contributed by atoms with Gasteiger partial charge in [-0.15, -0.1) is 0 Å². The molecular formula is C50H32N2O. The third kappa shape index (κ3) is 5.75. The monoisotopic (exact) mass is 676 g/mol. The van der Waals surface area contributed by atoms with E-state index in [-0.39, 0.29) is 0 Å². The highest BCUT2D eigenvalue weighted by Gasteiger charge is 2.17. The van der Waals surface area contributed by atoms with Crippen LogP contribution in [0.2, 0.25) is 0 Å². The van der Waals surface area contributed by atoms with Crippen molar-refractivity contribution in [2.75, 3.05) is 0 Å². The van der Waals surface area contributed by atoms with Gasteiger partial charge in [-0.25, -0.2) is 9.97 Å². The molecule has 0 amide bonds. The van der Waals surface area contributed by atoms with E-state index in [1.807, 2.05) is 30.3 Å². The number of nitrogens with zero attached hydrogens (tertiary/aromatic N) is 2. The van der Waals surface area contributed by atoms with Crippen molar-refractivity contribution in [3.05, 3.63) is 194 Å². The second-order valence-corrected chi connectivity index (χ2v) is 13.4. The largest absolute Gasteiger partial charge is 0.456 e. The summed E-state index contributed by atoms with van der Waals surface area (Å²) in [5, 5.41) is 4.69. The van der Waals surface area contributed by atoms with E-state index in [4.69, 9.17) is 14.4 Å². The van der Waals surface area contributed by atoms with Crippen LogP contribution in [0.25, 0.3) is 100.0 Å². The number of hydrogen-bond donors (Lipinski definition) is 0. The molecule has 3 nitrogen and oxygen atoms in total. The van der Waals surface area contributed by atoms with Crippen molar-refractivity contribution in [3.63, 3.8) is 0 Å². The molecule has 3 heteroatoms. The SMILES string of the molecule is c1ccc(-c2cc(-c3cc(-c4ccc(-c5ccc6ccccc6c5)cc4)nc(-c4ccccc4)n3)cc(-c3cccc4oc5ccccc5c34)c2)cc1. The quantitative estimate of drug-likeness (QED) is 0.176. The van der Waals surface area contributed by atoms with Crippen LogP contribution in [0.15, 0.2) is 199 Å². The molecule has 2 aromatic heterocycles. The van der Waals surface area contributed by atoms with E-state index >= 15 is 0 Å². The fraction of sp³-hybridized carbons (Fsp3) is 0. The van der Waals surface area contributed by atoms with Crippen molar-refractivity contribution in [2.45, 2.75) is 0 Å². The van der Waals surface area contributed by atoms with E-state index < -0.39 is 0 Å². The van der Waals surface area contributed by atoms with Gasteiger partial charge in [-0.2, -0.15) is 0 Å². The van der Waals surface area contributed by atoms with Crippen molar-refractivity contribution in [3.8, 4) is 67.3 Å². The van der Waals surface area contributed by atoms with Crippen LogP contribution < -0.4 is 0 Å². The number of rotatable bonds is 6. The number of para-hydroxylation sites is 1. The zero-order chi connectivity index (χ0) is 35.1. The van der Waals surface area contributed by atoms with Gasteiger partial charge in [0.05, 0.1) is 11.4 Å². The Morgan fingerprint density at radius 1 is 0.321 bits per heavy atom. The second-order valence-electron chi connectivity index (χ2n) is 13.4. The third-order valence-electron chi connectivity index (χ3n) is 10.1. The van der Waals surface area contributed by atoms with E-state index in [2.05, 4.69) is 164 Å². The number of fused-ring (bicyclic) bond motifs is 4. The highest BCUT2D eigenvalue weighted by atomic mass is 16.3. The Morgan fingerprint density at radius 2 is 0.906 bits per heavy atom. The first kappa shape index (κ1) is 30.7. The summed E-state index contributed by atoms with van der Waals surface area (Å²) in [7, 11) is 0. The molecule has 0 spiro atoms. The zero-order valence-electron chi connectivity index (χ0n) is 28.8. The molecule has 0 N–H and O–H groups in total. The van der Waals surface area contributed by atoms with Crippen LogP contribution in [0.4, 0.5) is 0 Å². The van der Waals surface area contributed by atoms with Crippen LogP contribution in [0.5, 0.6) is 0 Å². The summed E-state index contributed by atoms with van der Waals surface area (Å²) in [4.78, 5) is 10.4. The van der Waals surface area contributed by atoms with Crippen LogP contribution in [0.3, 0.4) is 0 Å². The predicted molar refractivity (Wildman–Crippen MR) is 219 cm³/mol. The summed E-state index contributed by atoms with van der Waals surface area (Å²) >= 11 is 0. The lowest BCUT2D eigenvalue weighted by Crippen LogP contribution is -1.96. The van der Waals surface area contributed by atoms with Gasteiger partial charge < -0.3 is 4.42 Å². The van der Waals surface area contributed by atoms with Crippen molar-refractivity contribution in [1.29, 1.82) is 0 Å². The summed E-state index contributed by atoms with van der Waals surface area (Å²) in [6.07, 6.45) is 0. The molecule has 0 atom stereocenters. The van der Waals surface area contributed by atoms with Gasteiger partial charge in [0.1, 0.15) is 11.2 Å². The number of hydrogen-bond acceptors (Lipinski definition) is 3. The Hall–Kier alpha value is -7.10. The molecule has 8 aromatic carbocycles. The summed E-state index contributed by atoms with van der Waals surface area (Å²) in [6, 6.07) is 68.1. The normalized spacial score (nSPS) is 11.4. The van der Waals surface area contributed by atoms with Crippen molar-refractivity contribution in [1.82, 2.24) is 9.97 Å². The van der Waals surface area contributed by atoms with Gasteiger partial charge in [0, 0.05) is 27.5 Å². The van der Waals surface area contributed by atoms with Crippen LogP contribution in [0, 0.1) is 0 Å². The molecule has 2 heterocycles. The standard InChI is InChI=1S/C50H32N2O/c1-3-12-33(13-4-1)40-29-41(43-19-11-21-48-49(43)44-18-9-10-20-47(44)53-48)31-42(30-40)46-32-45(51-50(52-46)37-15-5-2-6-16-37)36-25-22-35(23-26-36)39-27-24-34-14-7-8-17-38(34)28-39/h1-32H. The second kappa shape index (κ2) is 12.9. The maximum absolute atomic E-state index is 6.31. The molecule has 53 heavy (non-hydrogen) atoms. The van der Waals surface area contributed by atoms with Crippen LogP contribution in [-0.2, 0) is 0 Å². The molecule has 10 rings (SSSR count). The summed E-state index contributed by atoms with van der Waals surface area (Å²) in [5.41, 5.74) is 13.3. The molecule has 0 unspecified atom stereocenters. The molecule has 0 bridgehead atoms. The van der Waals surface area contributed by atoms with Gasteiger partial charge in [0.15, 0.2) is 5.82 Å². The summed E-state index contributed by atoms with van der Waals surface area (Å²) in [6.45, 7) is 0. The lowest BCUT2D eigenvalue weighted by Gasteiger charge is -2.14. The molecule has 0 saturated carbocycles. The Balaban J connectivity index is 1.14. The summed E-state index contributed by atoms with van der Waals surface area (Å²) < 4.78 is 6.31. The van der Waals surface area contributed by atoms with Crippen LogP contribution in [-0.4, -0.2) is 9.97 Å². The maximum atomic E-state index is 6.31. The number of aromatic nitrogens is 2. The Morgan fingerprint density at radius 3 is 1.72 bits per heavy atom. The highest BCUT2D eigenvalue weighted by Crippen LogP contribution is 2.40. The summed E-state index contributed by atoms with van der Waals surface area (Å²) in [5.74, 6) is 0.686. The van der Waals surface area contributed by atoms with E-state index in [0.717, 1.165) is 72.3 Å². The van der Waals surface area contributed by atoms with Crippen LogP contribution in [0.1, 0.15) is 0 Å². The minimum absolute atomic E-state index is 0.686. The molecule has 0 fully saturated rings. The molecule has 0 saturated heterocycles. The van der Waals surface area contributed by atoms with Crippen molar-refractivity contribution < 1.29 is 4.42 Å². The molecule has 0 aliphatic carbocycles. The lowest BCUT2D eigenvalue weighted by molar-refractivity contribution is 0.669. The molecule has 0 radical (unpaired) electrons. The average Bonchev–Trinajstić information content (AvgIpc) is 3.63. The van der Waals surface area contributed by atoms with Gasteiger partial charge in [-0.1, -0.05) is 152 Å². The Labute approximate surface area is 307 Å². The van der Waals surface area contributed by atoms with Gasteiger partial charge in [0.25, 0.3) is 0 Å². The molecule has 10 aromatic rings. The van der Waals surface area contributed by atoms with Crippen molar-refractivity contribution >= 4 is 32.7 Å². The molecule has 248 valence electrons. The van der Waals surface area contributed by atoms with Gasteiger partial charge in [0.2, 0.25) is 0 Å². The van der Waals surface area contributed by atoms with Gasteiger partial charge in [-0.3, -0.25) is 0 Å². The fourth-order valence-corrected chi connectivity index (χ4v) is 7.41. The fourth-order valence-electron chi connectivity index (χ4n) is 7.41. The Bertz CT molecular complexity index is 2930. The van der Waals surface area contributed by atoms with Crippen LogP contribution >= 0.6 is 0 Å². The van der Waals surface area contributed by atoms with E-state index in [1.165, 1.54) is 21.9 Å². The Kier molecular flexibility index (Phi) is 7.47. The first-order chi connectivity index (χ1) is 26.2. The molecular weight excluding hydrogens is 645 g/mol.